The molecule has 0 bridgehead atoms. The van der Waals surface area contributed by atoms with E-state index in [1.54, 1.807) is 10.7 Å². The predicted molar refractivity (Wildman–Crippen MR) is 102 cm³/mol. The molecule has 2 heterocycles. The van der Waals surface area contributed by atoms with Crippen LogP contribution in [0.4, 0.5) is 18.9 Å². The Balaban J connectivity index is 1.57. The Bertz CT molecular complexity index is 810. The van der Waals surface area contributed by atoms with Gasteiger partial charge in [-0.1, -0.05) is 12.1 Å². The Hall–Kier alpha value is -2.13. The minimum absolute atomic E-state index is 0.0107. The Labute approximate surface area is 161 Å². The molecule has 0 unspecified atom stereocenters. The molecular formula is C18H22F3N5S. The number of alkyl halides is 3. The number of hydrogen-bond donors (Lipinski definition) is 1. The maximum absolute atomic E-state index is 13.1. The van der Waals surface area contributed by atoms with Crippen LogP contribution >= 0.6 is 12.2 Å². The number of nitrogens with one attached hydrogen (secondary N) is 1. The molecule has 0 radical (unpaired) electrons. The number of hydrogen-bond acceptors (Lipinski definition) is 3. The van der Waals surface area contributed by atoms with Crippen LogP contribution in [0.15, 0.2) is 30.5 Å². The van der Waals surface area contributed by atoms with Crippen molar-refractivity contribution in [3.05, 3.63) is 47.3 Å². The lowest BCUT2D eigenvalue weighted by Crippen LogP contribution is -2.49. The van der Waals surface area contributed by atoms with Gasteiger partial charge >= 0.3 is 6.18 Å². The summed E-state index contributed by atoms with van der Waals surface area (Å²) >= 11 is 5.35. The van der Waals surface area contributed by atoms with E-state index in [1.807, 2.05) is 25.1 Å². The Kier molecular flexibility index (Phi) is 5.71. The van der Waals surface area contributed by atoms with Crippen LogP contribution in [0.1, 0.15) is 16.8 Å². The molecular weight excluding hydrogens is 375 g/mol. The fourth-order valence-corrected chi connectivity index (χ4v) is 3.48. The largest absolute Gasteiger partial charge is 0.418 e. The summed E-state index contributed by atoms with van der Waals surface area (Å²) in [5.74, 6) is 0. The molecule has 0 aliphatic carbocycles. The Morgan fingerprint density at radius 2 is 1.85 bits per heavy atom. The number of piperazine rings is 1. The first-order valence-corrected chi connectivity index (χ1v) is 9.08. The molecule has 0 amide bonds. The Morgan fingerprint density at radius 3 is 2.44 bits per heavy atom. The van der Waals surface area contributed by atoms with E-state index in [0.717, 1.165) is 31.4 Å². The summed E-state index contributed by atoms with van der Waals surface area (Å²) in [5, 5.41) is 7.44. The summed E-state index contributed by atoms with van der Waals surface area (Å²) in [7, 11) is 1.90. The van der Waals surface area contributed by atoms with Gasteiger partial charge in [0.15, 0.2) is 5.11 Å². The average Bonchev–Trinajstić information content (AvgIpc) is 2.92. The second-order valence-electron chi connectivity index (χ2n) is 6.65. The number of rotatable bonds is 3. The zero-order valence-corrected chi connectivity index (χ0v) is 16.1. The van der Waals surface area contributed by atoms with Crippen LogP contribution in [0.5, 0.6) is 0 Å². The van der Waals surface area contributed by atoms with Gasteiger partial charge in [0, 0.05) is 51.5 Å². The van der Waals surface area contributed by atoms with Crippen LogP contribution < -0.4 is 5.32 Å². The first-order chi connectivity index (χ1) is 12.7. The Morgan fingerprint density at radius 1 is 1.19 bits per heavy atom. The van der Waals surface area contributed by atoms with Gasteiger partial charge in [0.05, 0.1) is 16.9 Å². The van der Waals surface area contributed by atoms with Crippen LogP contribution in [0.3, 0.4) is 0 Å². The molecule has 1 aromatic heterocycles. The molecule has 9 heteroatoms. The first-order valence-electron chi connectivity index (χ1n) is 8.67. The fourth-order valence-electron chi connectivity index (χ4n) is 3.19. The number of nitrogens with zero attached hydrogens (tertiary/aromatic N) is 4. The van der Waals surface area contributed by atoms with Gasteiger partial charge in [-0.25, -0.2) is 0 Å². The molecule has 1 aliphatic heterocycles. The smallest absolute Gasteiger partial charge is 0.346 e. The third-order valence-corrected chi connectivity index (χ3v) is 5.00. The standard InChI is InChI=1S/C18H22F3N5S/c1-13-14(11-24(2)23-13)12-25-7-9-26(10-8-25)17(27)22-16-6-4-3-5-15(16)18(19,20)21/h3-6,11H,7-10,12H2,1-2H3,(H,22,27). The summed E-state index contributed by atoms with van der Waals surface area (Å²) in [4.78, 5) is 4.21. The summed E-state index contributed by atoms with van der Waals surface area (Å²) in [5.41, 5.74) is 1.48. The van der Waals surface area contributed by atoms with Crippen molar-refractivity contribution in [2.45, 2.75) is 19.6 Å². The van der Waals surface area contributed by atoms with Crippen molar-refractivity contribution < 1.29 is 13.2 Å². The number of benzene rings is 1. The highest BCUT2D eigenvalue weighted by Crippen LogP contribution is 2.34. The average molecular weight is 397 g/mol. The minimum atomic E-state index is -4.42. The maximum atomic E-state index is 13.1. The van der Waals surface area contributed by atoms with Gasteiger partial charge in [0.2, 0.25) is 0 Å². The van der Waals surface area contributed by atoms with E-state index in [0.29, 0.717) is 18.2 Å². The summed E-state index contributed by atoms with van der Waals surface area (Å²) in [6.45, 7) is 5.71. The predicted octanol–water partition coefficient (Wildman–Crippen LogP) is 3.26. The molecule has 1 aliphatic rings. The zero-order chi connectivity index (χ0) is 19.6. The molecule has 27 heavy (non-hydrogen) atoms. The van der Waals surface area contributed by atoms with E-state index in [9.17, 15) is 13.2 Å². The number of para-hydroxylation sites is 1. The lowest BCUT2D eigenvalue weighted by Gasteiger charge is -2.36. The van der Waals surface area contributed by atoms with Gasteiger partial charge in [-0.15, -0.1) is 0 Å². The van der Waals surface area contributed by atoms with Crippen molar-refractivity contribution in [3.8, 4) is 0 Å². The number of halogens is 3. The van der Waals surface area contributed by atoms with Crippen molar-refractivity contribution in [3.63, 3.8) is 0 Å². The second kappa shape index (κ2) is 7.85. The topological polar surface area (TPSA) is 36.3 Å². The van der Waals surface area contributed by atoms with E-state index in [2.05, 4.69) is 15.3 Å². The lowest BCUT2D eigenvalue weighted by molar-refractivity contribution is -0.136. The van der Waals surface area contributed by atoms with Crippen LogP contribution in [0, 0.1) is 6.92 Å². The van der Waals surface area contributed by atoms with Gasteiger partial charge in [-0.2, -0.15) is 18.3 Å². The first kappa shape index (κ1) is 19.6. The van der Waals surface area contributed by atoms with Crippen LogP contribution in [0.2, 0.25) is 0 Å². The highest BCUT2D eigenvalue weighted by molar-refractivity contribution is 7.80. The number of aryl methyl sites for hydroxylation is 2. The van der Waals surface area contributed by atoms with Gasteiger partial charge in [0.25, 0.3) is 0 Å². The van der Waals surface area contributed by atoms with Crippen molar-refractivity contribution in [2.75, 3.05) is 31.5 Å². The van der Waals surface area contributed by atoms with Gasteiger partial charge in [-0.05, 0) is 31.3 Å². The minimum Gasteiger partial charge on any atom is -0.346 e. The van der Waals surface area contributed by atoms with Crippen molar-refractivity contribution in [1.29, 1.82) is 0 Å². The maximum Gasteiger partial charge on any atom is 0.418 e. The normalized spacial score (nSPS) is 15.8. The summed E-state index contributed by atoms with van der Waals surface area (Å²) in [6.07, 6.45) is -2.40. The SMILES string of the molecule is Cc1nn(C)cc1CN1CCN(C(=S)Nc2ccccc2C(F)(F)F)CC1. The highest BCUT2D eigenvalue weighted by atomic mass is 32.1. The second-order valence-corrected chi connectivity index (χ2v) is 7.04. The third-order valence-electron chi connectivity index (χ3n) is 4.64. The molecule has 1 fully saturated rings. The van der Waals surface area contributed by atoms with Crippen molar-refractivity contribution in [2.24, 2.45) is 7.05 Å². The van der Waals surface area contributed by atoms with Gasteiger partial charge < -0.3 is 10.2 Å². The molecule has 0 atom stereocenters. The molecule has 2 aromatic rings. The fraction of sp³-hybridized carbons (Fsp3) is 0.444. The number of thiocarbonyl (C=S) groups is 1. The quantitative estimate of drug-likeness (QED) is 0.805. The molecule has 1 N–H and O–H groups in total. The van der Waals surface area contributed by atoms with E-state index < -0.39 is 11.7 Å². The van der Waals surface area contributed by atoms with E-state index in [4.69, 9.17) is 12.2 Å². The van der Waals surface area contributed by atoms with Crippen LogP contribution in [-0.4, -0.2) is 50.9 Å². The lowest BCUT2D eigenvalue weighted by atomic mass is 10.1. The summed E-state index contributed by atoms with van der Waals surface area (Å²) in [6, 6.07) is 5.39. The molecule has 3 rings (SSSR count). The molecule has 0 spiro atoms. The third kappa shape index (κ3) is 4.78. The molecule has 1 aromatic carbocycles. The zero-order valence-electron chi connectivity index (χ0n) is 15.3. The summed E-state index contributed by atoms with van der Waals surface area (Å²) < 4.78 is 41.2. The van der Waals surface area contributed by atoms with E-state index in [1.165, 1.54) is 17.7 Å². The van der Waals surface area contributed by atoms with E-state index in [-0.39, 0.29) is 5.69 Å². The van der Waals surface area contributed by atoms with Crippen LogP contribution in [-0.2, 0) is 19.8 Å². The van der Waals surface area contributed by atoms with Gasteiger partial charge in [-0.3, -0.25) is 9.58 Å². The molecule has 146 valence electrons. The van der Waals surface area contributed by atoms with Gasteiger partial charge in [0.1, 0.15) is 0 Å². The molecule has 1 saturated heterocycles. The van der Waals surface area contributed by atoms with Crippen molar-refractivity contribution >= 4 is 23.0 Å². The number of aromatic nitrogens is 2. The highest BCUT2D eigenvalue weighted by Gasteiger charge is 2.33. The number of anilines is 1. The van der Waals surface area contributed by atoms with Crippen LogP contribution in [0.25, 0.3) is 0 Å². The van der Waals surface area contributed by atoms with Crippen molar-refractivity contribution in [1.82, 2.24) is 19.6 Å². The van der Waals surface area contributed by atoms with E-state index >= 15 is 0 Å². The monoisotopic (exact) mass is 397 g/mol. The molecule has 5 nitrogen and oxygen atoms in total. The molecule has 0 saturated carbocycles.